The van der Waals surface area contributed by atoms with Gasteiger partial charge in [0.15, 0.2) is 0 Å². The first-order chi connectivity index (χ1) is 9.02. The molecule has 0 fully saturated rings. The molecule has 0 spiro atoms. The van der Waals surface area contributed by atoms with Crippen LogP contribution in [0.25, 0.3) is 11.1 Å². The van der Waals surface area contributed by atoms with Gasteiger partial charge in [-0.25, -0.2) is 0 Å². The molecule has 0 unspecified atom stereocenters. The summed E-state index contributed by atoms with van der Waals surface area (Å²) in [5, 5.41) is 15.8. The highest BCUT2D eigenvalue weighted by atomic mass is 16.5. The van der Waals surface area contributed by atoms with Crippen molar-refractivity contribution >= 4 is 5.97 Å². The number of carbonyl (C=O) groups is 1. The Morgan fingerprint density at radius 1 is 1.42 bits per heavy atom. The van der Waals surface area contributed by atoms with E-state index in [0.717, 1.165) is 28.1 Å². The van der Waals surface area contributed by atoms with Crippen LogP contribution in [-0.2, 0) is 11.2 Å². The molecule has 0 radical (unpaired) electrons. The molecule has 100 valence electrons. The molecule has 0 aliphatic rings. The standard InChI is InChI=1S/C14H16N2O3/c1-8-6-10(4-5-12(8)19-3)14-9(2)15-16-11(14)7-13(17)18/h4-6H,7H2,1-3H3,(H,15,16)(H,17,18). The smallest absolute Gasteiger partial charge is 0.309 e. The maximum atomic E-state index is 10.9. The Bertz CT molecular complexity index is 617. The third-order valence-electron chi connectivity index (χ3n) is 3.02. The first kappa shape index (κ1) is 13.1. The van der Waals surface area contributed by atoms with E-state index < -0.39 is 5.97 Å². The van der Waals surface area contributed by atoms with Crippen molar-refractivity contribution in [3.8, 4) is 16.9 Å². The van der Waals surface area contributed by atoms with Gasteiger partial charge in [-0.05, 0) is 37.1 Å². The van der Waals surface area contributed by atoms with Crippen molar-refractivity contribution in [3.05, 3.63) is 35.2 Å². The third-order valence-corrected chi connectivity index (χ3v) is 3.02. The molecule has 0 aliphatic carbocycles. The number of aromatic nitrogens is 2. The molecular formula is C14H16N2O3. The minimum atomic E-state index is -0.891. The zero-order valence-corrected chi connectivity index (χ0v) is 11.2. The third kappa shape index (κ3) is 2.59. The van der Waals surface area contributed by atoms with Crippen molar-refractivity contribution in [1.82, 2.24) is 10.2 Å². The van der Waals surface area contributed by atoms with Gasteiger partial charge in [0.25, 0.3) is 0 Å². The minimum Gasteiger partial charge on any atom is -0.496 e. The summed E-state index contributed by atoms with van der Waals surface area (Å²) in [6.07, 6.45) is -0.0925. The fraction of sp³-hybridized carbons (Fsp3) is 0.286. The Kier molecular flexibility index (Phi) is 3.55. The second-order valence-corrected chi connectivity index (χ2v) is 4.43. The minimum absolute atomic E-state index is 0.0925. The topological polar surface area (TPSA) is 75.2 Å². The maximum Gasteiger partial charge on any atom is 0.309 e. The number of nitrogens with one attached hydrogen (secondary N) is 1. The number of H-pyrrole nitrogens is 1. The number of rotatable bonds is 4. The van der Waals surface area contributed by atoms with Crippen molar-refractivity contribution in [1.29, 1.82) is 0 Å². The molecule has 2 aromatic rings. The number of ether oxygens (including phenoxy) is 1. The summed E-state index contributed by atoms with van der Waals surface area (Å²) < 4.78 is 5.22. The van der Waals surface area contributed by atoms with E-state index in [9.17, 15) is 4.79 Å². The predicted octanol–water partition coefficient (Wildman–Crippen LogP) is 2.33. The van der Waals surface area contributed by atoms with Gasteiger partial charge in [0, 0.05) is 11.3 Å². The molecular weight excluding hydrogens is 244 g/mol. The highest BCUT2D eigenvalue weighted by Gasteiger charge is 2.15. The number of aliphatic carboxylic acids is 1. The van der Waals surface area contributed by atoms with Gasteiger partial charge in [0.2, 0.25) is 0 Å². The number of aryl methyl sites for hydroxylation is 2. The largest absolute Gasteiger partial charge is 0.496 e. The second kappa shape index (κ2) is 5.14. The molecule has 2 N–H and O–H groups in total. The zero-order valence-electron chi connectivity index (χ0n) is 11.2. The molecule has 0 saturated carbocycles. The van der Waals surface area contributed by atoms with Crippen LogP contribution in [0.15, 0.2) is 18.2 Å². The summed E-state index contributed by atoms with van der Waals surface area (Å²) in [6.45, 7) is 3.84. The average molecular weight is 260 g/mol. The molecule has 1 aromatic carbocycles. The van der Waals surface area contributed by atoms with E-state index in [1.165, 1.54) is 0 Å². The van der Waals surface area contributed by atoms with Crippen molar-refractivity contribution < 1.29 is 14.6 Å². The van der Waals surface area contributed by atoms with Crippen LogP contribution in [0.3, 0.4) is 0 Å². The fourth-order valence-electron chi connectivity index (χ4n) is 2.17. The van der Waals surface area contributed by atoms with Crippen LogP contribution >= 0.6 is 0 Å². The number of carboxylic acids is 1. The Morgan fingerprint density at radius 3 is 2.74 bits per heavy atom. The van der Waals surface area contributed by atoms with Crippen molar-refractivity contribution in [2.24, 2.45) is 0 Å². The first-order valence-corrected chi connectivity index (χ1v) is 5.93. The number of hydrogen-bond acceptors (Lipinski definition) is 3. The molecule has 19 heavy (non-hydrogen) atoms. The molecule has 0 atom stereocenters. The lowest BCUT2D eigenvalue weighted by Crippen LogP contribution is -2.02. The summed E-state index contributed by atoms with van der Waals surface area (Å²) in [5.41, 5.74) is 4.21. The van der Waals surface area contributed by atoms with Gasteiger partial charge < -0.3 is 9.84 Å². The maximum absolute atomic E-state index is 10.9. The zero-order chi connectivity index (χ0) is 14.0. The van der Waals surface area contributed by atoms with E-state index in [4.69, 9.17) is 9.84 Å². The van der Waals surface area contributed by atoms with Crippen LogP contribution in [-0.4, -0.2) is 28.4 Å². The van der Waals surface area contributed by atoms with Crippen molar-refractivity contribution in [2.75, 3.05) is 7.11 Å². The lowest BCUT2D eigenvalue weighted by molar-refractivity contribution is -0.136. The van der Waals surface area contributed by atoms with Gasteiger partial charge in [-0.15, -0.1) is 0 Å². The summed E-state index contributed by atoms with van der Waals surface area (Å²) in [5.74, 6) is -0.0809. The van der Waals surface area contributed by atoms with Crippen LogP contribution in [0.1, 0.15) is 17.0 Å². The molecule has 0 saturated heterocycles. The number of benzene rings is 1. The van der Waals surface area contributed by atoms with E-state index >= 15 is 0 Å². The summed E-state index contributed by atoms with van der Waals surface area (Å²) >= 11 is 0. The lowest BCUT2D eigenvalue weighted by Gasteiger charge is -2.08. The van der Waals surface area contributed by atoms with E-state index in [2.05, 4.69) is 10.2 Å². The highest BCUT2D eigenvalue weighted by Crippen LogP contribution is 2.30. The normalized spacial score (nSPS) is 10.5. The molecule has 5 nitrogen and oxygen atoms in total. The van der Waals surface area contributed by atoms with E-state index in [1.54, 1.807) is 7.11 Å². The predicted molar refractivity (Wildman–Crippen MR) is 71.4 cm³/mol. The Balaban J connectivity index is 2.49. The quantitative estimate of drug-likeness (QED) is 0.884. The molecule has 0 bridgehead atoms. The Labute approximate surface area is 111 Å². The van der Waals surface area contributed by atoms with E-state index in [0.29, 0.717) is 5.69 Å². The number of methoxy groups -OCH3 is 1. The SMILES string of the molecule is COc1ccc(-c2c(CC(=O)O)n[nH]c2C)cc1C. The summed E-state index contributed by atoms with van der Waals surface area (Å²) in [7, 11) is 1.63. The summed E-state index contributed by atoms with van der Waals surface area (Å²) in [4.78, 5) is 10.9. The first-order valence-electron chi connectivity index (χ1n) is 5.93. The van der Waals surface area contributed by atoms with E-state index in [1.807, 2.05) is 32.0 Å². The van der Waals surface area contributed by atoms with Crippen LogP contribution in [0.2, 0.25) is 0 Å². The summed E-state index contributed by atoms with van der Waals surface area (Å²) in [6, 6.07) is 5.76. The van der Waals surface area contributed by atoms with Crippen molar-refractivity contribution in [2.45, 2.75) is 20.3 Å². The van der Waals surface area contributed by atoms with Gasteiger partial charge in [0.1, 0.15) is 5.75 Å². The average Bonchev–Trinajstić information content (AvgIpc) is 2.69. The second-order valence-electron chi connectivity index (χ2n) is 4.43. The number of hydrogen-bond donors (Lipinski definition) is 2. The molecule has 1 aromatic heterocycles. The van der Waals surface area contributed by atoms with E-state index in [-0.39, 0.29) is 6.42 Å². The van der Waals surface area contributed by atoms with Crippen LogP contribution < -0.4 is 4.74 Å². The van der Waals surface area contributed by atoms with Crippen LogP contribution in [0.5, 0.6) is 5.75 Å². The van der Waals surface area contributed by atoms with Gasteiger partial charge in [-0.1, -0.05) is 6.07 Å². The van der Waals surface area contributed by atoms with Crippen LogP contribution in [0, 0.1) is 13.8 Å². The highest BCUT2D eigenvalue weighted by molar-refractivity contribution is 5.77. The van der Waals surface area contributed by atoms with Gasteiger partial charge in [-0.2, -0.15) is 5.10 Å². The Morgan fingerprint density at radius 2 is 2.16 bits per heavy atom. The lowest BCUT2D eigenvalue weighted by atomic mass is 10.00. The van der Waals surface area contributed by atoms with Crippen LogP contribution in [0.4, 0.5) is 0 Å². The van der Waals surface area contributed by atoms with Gasteiger partial charge in [0.05, 0.1) is 19.2 Å². The fourth-order valence-corrected chi connectivity index (χ4v) is 2.17. The monoisotopic (exact) mass is 260 g/mol. The number of nitrogens with zero attached hydrogens (tertiary/aromatic N) is 1. The number of carboxylic acid groups (broad SMARTS) is 1. The molecule has 0 aliphatic heterocycles. The van der Waals surface area contributed by atoms with Gasteiger partial charge >= 0.3 is 5.97 Å². The molecule has 2 rings (SSSR count). The molecule has 5 heteroatoms. The van der Waals surface area contributed by atoms with Gasteiger partial charge in [-0.3, -0.25) is 9.89 Å². The van der Waals surface area contributed by atoms with Crippen molar-refractivity contribution in [3.63, 3.8) is 0 Å². The molecule has 0 amide bonds. The molecule has 1 heterocycles. The number of aromatic amines is 1. The Hall–Kier alpha value is -2.30.